The summed E-state index contributed by atoms with van der Waals surface area (Å²) in [4.78, 5) is 4.08. The molecular formula is C11H17ClN2. The molecule has 0 bridgehead atoms. The normalized spacial score (nSPS) is 10.2. The molecule has 1 heterocycles. The molecule has 78 valence electrons. The van der Waals surface area contributed by atoms with Crippen LogP contribution in [0.5, 0.6) is 0 Å². The molecule has 0 aliphatic rings. The van der Waals surface area contributed by atoms with Gasteiger partial charge in [-0.2, -0.15) is 0 Å². The van der Waals surface area contributed by atoms with Crippen LogP contribution in [0.3, 0.4) is 0 Å². The van der Waals surface area contributed by atoms with Crippen molar-refractivity contribution in [2.24, 2.45) is 0 Å². The summed E-state index contributed by atoms with van der Waals surface area (Å²) in [7, 11) is 0. The molecule has 0 atom stereocenters. The van der Waals surface area contributed by atoms with Crippen LogP contribution in [0, 0.1) is 6.92 Å². The van der Waals surface area contributed by atoms with Gasteiger partial charge in [0.05, 0.1) is 5.69 Å². The van der Waals surface area contributed by atoms with E-state index in [9.17, 15) is 0 Å². The third-order valence-electron chi connectivity index (χ3n) is 2.07. The third kappa shape index (κ3) is 3.54. The zero-order valence-electron chi connectivity index (χ0n) is 8.81. The van der Waals surface area contributed by atoms with E-state index in [1.54, 1.807) is 6.20 Å². The number of aromatic nitrogens is 1. The predicted molar refractivity (Wildman–Crippen MR) is 62.0 cm³/mol. The molecule has 0 spiro atoms. The Morgan fingerprint density at radius 1 is 1.43 bits per heavy atom. The number of unbranched alkanes of at least 4 members (excludes halogenated alkanes) is 2. The highest BCUT2D eigenvalue weighted by Crippen LogP contribution is 2.19. The molecule has 3 heteroatoms. The lowest BCUT2D eigenvalue weighted by atomic mass is 10.2. The standard InChI is InChI=1S/C11H17ClN2/c1-3-4-5-6-13-10-7-9(2)8-14-11(10)12/h7-8,13H,3-6H2,1-2H3. The molecule has 0 unspecified atom stereocenters. The van der Waals surface area contributed by atoms with Gasteiger partial charge >= 0.3 is 0 Å². The minimum atomic E-state index is 0.562. The second-order valence-electron chi connectivity index (χ2n) is 3.48. The molecule has 0 aromatic carbocycles. The van der Waals surface area contributed by atoms with Crippen molar-refractivity contribution >= 4 is 17.3 Å². The van der Waals surface area contributed by atoms with Gasteiger partial charge in [0.2, 0.25) is 0 Å². The summed E-state index contributed by atoms with van der Waals surface area (Å²) in [6.45, 7) is 5.18. The first-order valence-corrected chi connectivity index (χ1v) is 5.48. The van der Waals surface area contributed by atoms with Crippen molar-refractivity contribution in [1.29, 1.82) is 0 Å². The molecule has 0 aliphatic heterocycles. The highest BCUT2D eigenvalue weighted by molar-refractivity contribution is 6.31. The Balaban J connectivity index is 2.45. The Morgan fingerprint density at radius 2 is 2.21 bits per heavy atom. The quantitative estimate of drug-likeness (QED) is 0.596. The average Bonchev–Trinajstić information content (AvgIpc) is 2.18. The second kappa shape index (κ2) is 5.86. The fourth-order valence-corrected chi connectivity index (χ4v) is 1.44. The van der Waals surface area contributed by atoms with Crippen LogP contribution in [0.2, 0.25) is 5.15 Å². The van der Waals surface area contributed by atoms with Gasteiger partial charge in [-0.25, -0.2) is 4.98 Å². The molecule has 1 aromatic rings. The summed E-state index contributed by atoms with van der Waals surface area (Å²) in [6.07, 6.45) is 5.45. The topological polar surface area (TPSA) is 24.9 Å². The minimum absolute atomic E-state index is 0.562. The molecular weight excluding hydrogens is 196 g/mol. The number of pyridine rings is 1. The van der Waals surface area contributed by atoms with E-state index in [2.05, 4.69) is 17.2 Å². The van der Waals surface area contributed by atoms with Crippen LogP contribution >= 0.6 is 11.6 Å². The third-order valence-corrected chi connectivity index (χ3v) is 2.37. The number of nitrogens with zero attached hydrogens (tertiary/aromatic N) is 1. The Labute approximate surface area is 90.7 Å². The highest BCUT2D eigenvalue weighted by atomic mass is 35.5. The number of rotatable bonds is 5. The van der Waals surface area contributed by atoms with Crippen molar-refractivity contribution in [3.8, 4) is 0 Å². The van der Waals surface area contributed by atoms with Crippen LogP contribution in [-0.2, 0) is 0 Å². The van der Waals surface area contributed by atoms with Gasteiger partial charge in [-0.15, -0.1) is 0 Å². The van der Waals surface area contributed by atoms with Crippen molar-refractivity contribution < 1.29 is 0 Å². The van der Waals surface area contributed by atoms with Gasteiger partial charge in [0.25, 0.3) is 0 Å². The average molecular weight is 213 g/mol. The fourth-order valence-electron chi connectivity index (χ4n) is 1.27. The molecule has 14 heavy (non-hydrogen) atoms. The molecule has 0 saturated carbocycles. The zero-order valence-corrected chi connectivity index (χ0v) is 9.56. The molecule has 0 saturated heterocycles. The minimum Gasteiger partial charge on any atom is -0.383 e. The van der Waals surface area contributed by atoms with Crippen molar-refractivity contribution in [3.63, 3.8) is 0 Å². The van der Waals surface area contributed by atoms with Gasteiger partial charge in [-0.3, -0.25) is 0 Å². The van der Waals surface area contributed by atoms with Gasteiger partial charge in [0, 0.05) is 12.7 Å². The summed E-state index contributed by atoms with van der Waals surface area (Å²) < 4.78 is 0. The monoisotopic (exact) mass is 212 g/mol. The van der Waals surface area contributed by atoms with Gasteiger partial charge in [-0.1, -0.05) is 31.4 Å². The van der Waals surface area contributed by atoms with Crippen LogP contribution in [-0.4, -0.2) is 11.5 Å². The second-order valence-corrected chi connectivity index (χ2v) is 3.84. The van der Waals surface area contributed by atoms with E-state index in [-0.39, 0.29) is 0 Å². The summed E-state index contributed by atoms with van der Waals surface area (Å²) in [5.74, 6) is 0. The molecule has 0 amide bonds. The largest absolute Gasteiger partial charge is 0.383 e. The van der Waals surface area contributed by atoms with E-state index in [0.29, 0.717) is 5.15 Å². The Kier molecular flexibility index (Phi) is 4.74. The summed E-state index contributed by atoms with van der Waals surface area (Å²) in [6, 6.07) is 2.03. The molecule has 0 radical (unpaired) electrons. The van der Waals surface area contributed by atoms with Crippen molar-refractivity contribution in [1.82, 2.24) is 4.98 Å². The zero-order chi connectivity index (χ0) is 10.4. The van der Waals surface area contributed by atoms with E-state index in [0.717, 1.165) is 17.8 Å². The molecule has 1 rings (SSSR count). The smallest absolute Gasteiger partial charge is 0.152 e. The Hall–Kier alpha value is -0.760. The number of anilines is 1. The van der Waals surface area contributed by atoms with Gasteiger partial charge in [0.15, 0.2) is 5.15 Å². The van der Waals surface area contributed by atoms with Crippen molar-refractivity contribution in [2.75, 3.05) is 11.9 Å². The maximum atomic E-state index is 5.94. The molecule has 1 aromatic heterocycles. The van der Waals surface area contributed by atoms with Crippen LogP contribution < -0.4 is 5.32 Å². The van der Waals surface area contributed by atoms with Crippen LogP contribution in [0.15, 0.2) is 12.3 Å². The lowest BCUT2D eigenvalue weighted by molar-refractivity contribution is 0.743. The summed E-state index contributed by atoms with van der Waals surface area (Å²) in [5.41, 5.74) is 2.08. The molecule has 2 nitrogen and oxygen atoms in total. The SMILES string of the molecule is CCCCCNc1cc(C)cnc1Cl. The van der Waals surface area contributed by atoms with Gasteiger partial charge < -0.3 is 5.32 Å². The number of hydrogen-bond acceptors (Lipinski definition) is 2. The van der Waals surface area contributed by atoms with E-state index in [1.807, 2.05) is 13.0 Å². The molecule has 1 N–H and O–H groups in total. The predicted octanol–water partition coefficient (Wildman–Crippen LogP) is 3.65. The number of aryl methyl sites for hydroxylation is 1. The van der Waals surface area contributed by atoms with Gasteiger partial charge in [-0.05, 0) is 25.0 Å². The lowest BCUT2D eigenvalue weighted by Gasteiger charge is -2.07. The van der Waals surface area contributed by atoms with E-state index in [4.69, 9.17) is 11.6 Å². The van der Waals surface area contributed by atoms with Crippen molar-refractivity contribution in [3.05, 3.63) is 23.0 Å². The lowest BCUT2D eigenvalue weighted by Crippen LogP contribution is -2.02. The summed E-state index contributed by atoms with van der Waals surface area (Å²) >= 11 is 5.94. The van der Waals surface area contributed by atoms with Gasteiger partial charge in [0.1, 0.15) is 0 Å². The Morgan fingerprint density at radius 3 is 2.93 bits per heavy atom. The number of nitrogens with one attached hydrogen (secondary N) is 1. The van der Waals surface area contributed by atoms with E-state index in [1.165, 1.54) is 19.3 Å². The first-order valence-electron chi connectivity index (χ1n) is 5.10. The fraction of sp³-hybridized carbons (Fsp3) is 0.545. The van der Waals surface area contributed by atoms with Crippen molar-refractivity contribution in [2.45, 2.75) is 33.1 Å². The Bertz CT molecular complexity index is 287. The summed E-state index contributed by atoms with van der Waals surface area (Å²) in [5, 5.41) is 3.86. The first kappa shape index (κ1) is 11.3. The number of halogens is 1. The van der Waals surface area contributed by atoms with E-state index < -0.39 is 0 Å². The van der Waals surface area contributed by atoms with Crippen LogP contribution in [0.1, 0.15) is 31.7 Å². The van der Waals surface area contributed by atoms with E-state index >= 15 is 0 Å². The first-order chi connectivity index (χ1) is 6.74. The van der Waals surface area contributed by atoms with Crippen LogP contribution in [0.4, 0.5) is 5.69 Å². The molecule has 0 aliphatic carbocycles. The maximum absolute atomic E-state index is 5.94. The maximum Gasteiger partial charge on any atom is 0.152 e. The number of hydrogen-bond donors (Lipinski definition) is 1. The molecule has 0 fully saturated rings. The highest BCUT2D eigenvalue weighted by Gasteiger charge is 2.00. The van der Waals surface area contributed by atoms with Crippen LogP contribution in [0.25, 0.3) is 0 Å².